The third-order valence-electron chi connectivity index (χ3n) is 4.15. The molecule has 10 nitrogen and oxygen atoms in total. The molecule has 0 spiro atoms. The van der Waals surface area contributed by atoms with Crippen LogP contribution in [0.1, 0.15) is 0 Å². The summed E-state index contributed by atoms with van der Waals surface area (Å²) in [6, 6.07) is 12.5. The lowest BCUT2D eigenvalue weighted by Gasteiger charge is -2.03. The van der Waals surface area contributed by atoms with E-state index in [1.165, 1.54) is 7.11 Å². The average Bonchev–Trinajstić information content (AvgIpc) is 3.44. The Hall–Kier alpha value is -3.79. The number of carbonyl (C=O) groups excluding carboxylic acids is 1. The molecule has 0 aliphatic rings. The first-order valence-electron chi connectivity index (χ1n) is 8.70. The van der Waals surface area contributed by atoms with Crippen molar-refractivity contribution in [3.63, 3.8) is 0 Å². The second-order valence-electron chi connectivity index (χ2n) is 6.07. The van der Waals surface area contributed by atoms with Crippen molar-refractivity contribution >= 4 is 17.6 Å². The van der Waals surface area contributed by atoms with Crippen LogP contribution in [0.25, 0.3) is 34.2 Å². The summed E-state index contributed by atoms with van der Waals surface area (Å²) in [5.74, 6) is 1.15. The number of esters is 1. The topological polar surface area (TPSA) is 118 Å². The molecule has 0 atom stereocenters. The van der Waals surface area contributed by atoms with Crippen LogP contribution in [0, 0.1) is 0 Å². The quantitative estimate of drug-likeness (QED) is 0.428. The van der Waals surface area contributed by atoms with Gasteiger partial charge in [0.25, 0.3) is 5.89 Å². The maximum atomic E-state index is 11.3. The monoisotopic (exact) mass is 426 g/mol. The van der Waals surface area contributed by atoms with Crippen LogP contribution in [0.2, 0.25) is 5.02 Å². The molecule has 4 rings (SSSR count). The van der Waals surface area contributed by atoms with Gasteiger partial charge in [-0.1, -0.05) is 28.9 Å². The zero-order valence-corrected chi connectivity index (χ0v) is 16.7. The summed E-state index contributed by atoms with van der Waals surface area (Å²) < 4.78 is 15.2. The molecule has 0 saturated heterocycles. The number of rotatable bonds is 6. The Morgan fingerprint density at radius 2 is 1.90 bits per heavy atom. The predicted molar refractivity (Wildman–Crippen MR) is 106 cm³/mol. The molecular weight excluding hydrogens is 412 g/mol. The molecule has 0 saturated carbocycles. The van der Waals surface area contributed by atoms with Crippen molar-refractivity contribution in [2.45, 2.75) is 6.54 Å². The van der Waals surface area contributed by atoms with E-state index < -0.39 is 5.97 Å². The zero-order chi connectivity index (χ0) is 21.1. The minimum Gasteiger partial charge on any atom is -0.495 e. The van der Waals surface area contributed by atoms with Crippen molar-refractivity contribution in [2.24, 2.45) is 0 Å². The number of tetrazole rings is 1. The van der Waals surface area contributed by atoms with Gasteiger partial charge in [0.1, 0.15) is 5.75 Å². The molecule has 2 heterocycles. The van der Waals surface area contributed by atoms with E-state index in [1.807, 2.05) is 12.1 Å². The third-order valence-corrected chi connectivity index (χ3v) is 4.45. The average molecular weight is 427 g/mol. The van der Waals surface area contributed by atoms with Gasteiger partial charge in [0.15, 0.2) is 6.54 Å². The molecule has 0 N–H and O–H groups in total. The Kier molecular flexibility index (Phi) is 5.40. The second-order valence-corrected chi connectivity index (χ2v) is 6.48. The number of hydrogen-bond donors (Lipinski definition) is 0. The molecular formula is C19H15ClN6O4. The van der Waals surface area contributed by atoms with Gasteiger partial charge in [0.05, 0.1) is 19.2 Å². The Morgan fingerprint density at radius 1 is 1.10 bits per heavy atom. The van der Waals surface area contributed by atoms with Gasteiger partial charge in [-0.25, -0.2) is 4.79 Å². The summed E-state index contributed by atoms with van der Waals surface area (Å²) in [5.41, 5.74) is 2.05. The zero-order valence-electron chi connectivity index (χ0n) is 15.9. The van der Waals surface area contributed by atoms with Crippen molar-refractivity contribution in [1.29, 1.82) is 0 Å². The van der Waals surface area contributed by atoms with Crippen molar-refractivity contribution in [1.82, 2.24) is 30.3 Å². The van der Waals surface area contributed by atoms with Crippen LogP contribution < -0.4 is 4.74 Å². The molecule has 4 aromatic rings. The normalized spacial score (nSPS) is 10.8. The smallest absolute Gasteiger partial charge is 0.329 e. The van der Waals surface area contributed by atoms with Crippen molar-refractivity contribution in [3.05, 3.63) is 47.5 Å². The standard InChI is InChI=1S/C19H15ClN6O4/c1-28-15-7-6-12(9-14(15)20)17-21-19(30-24-17)13-5-3-4-11(8-13)18-22-25-26(23-18)10-16(27)29-2/h3-9H,10H2,1-2H3. The maximum absolute atomic E-state index is 11.3. The highest BCUT2D eigenvalue weighted by Gasteiger charge is 2.15. The van der Waals surface area contributed by atoms with E-state index >= 15 is 0 Å². The first-order valence-corrected chi connectivity index (χ1v) is 9.08. The van der Waals surface area contributed by atoms with E-state index in [1.54, 1.807) is 37.4 Å². The van der Waals surface area contributed by atoms with Gasteiger partial charge < -0.3 is 14.0 Å². The minimum absolute atomic E-state index is 0.124. The van der Waals surface area contributed by atoms with Gasteiger partial charge in [-0.3, -0.25) is 0 Å². The second kappa shape index (κ2) is 8.29. The highest BCUT2D eigenvalue weighted by atomic mass is 35.5. The molecule has 0 fully saturated rings. The number of methoxy groups -OCH3 is 2. The lowest BCUT2D eigenvalue weighted by molar-refractivity contribution is -0.141. The van der Waals surface area contributed by atoms with Crippen LogP contribution in [0.5, 0.6) is 5.75 Å². The lowest BCUT2D eigenvalue weighted by atomic mass is 10.1. The molecule has 30 heavy (non-hydrogen) atoms. The fourth-order valence-corrected chi connectivity index (χ4v) is 2.92. The van der Waals surface area contributed by atoms with Crippen LogP contribution >= 0.6 is 11.6 Å². The fourth-order valence-electron chi connectivity index (χ4n) is 2.66. The third kappa shape index (κ3) is 3.98. The molecule has 0 amide bonds. The van der Waals surface area contributed by atoms with Crippen LogP contribution in [0.4, 0.5) is 0 Å². The molecule has 2 aromatic carbocycles. The number of aromatic nitrogens is 6. The van der Waals surface area contributed by atoms with Gasteiger partial charge in [0, 0.05) is 16.7 Å². The van der Waals surface area contributed by atoms with Crippen molar-refractivity contribution in [3.8, 4) is 40.0 Å². The molecule has 11 heteroatoms. The Labute approximate surface area is 175 Å². The summed E-state index contributed by atoms with van der Waals surface area (Å²) in [5, 5.41) is 16.5. The maximum Gasteiger partial charge on any atom is 0.329 e. The first-order chi connectivity index (χ1) is 14.6. The van der Waals surface area contributed by atoms with E-state index in [4.69, 9.17) is 20.9 Å². The summed E-state index contributed by atoms with van der Waals surface area (Å²) >= 11 is 6.17. The molecule has 0 unspecified atom stereocenters. The molecule has 0 aliphatic heterocycles. The summed E-state index contributed by atoms with van der Waals surface area (Å²) in [7, 11) is 2.84. The summed E-state index contributed by atoms with van der Waals surface area (Å²) in [4.78, 5) is 16.9. The summed E-state index contributed by atoms with van der Waals surface area (Å²) in [6.45, 7) is -0.124. The number of nitrogens with zero attached hydrogens (tertiary/aromatic N) is 6. The van der Waals surface area contributed by atoms with Crippen LogP contribution in [-0.2, 0) is 16.1 Å². The number of ether oxygens (including phenoxy) is 2. The van der Waals surface area contributed by atoms with Gasteiger partial charge in [0.2, 0.25) is 11.6 Å². The number of benzene rings is 2. The number of carbonyl (C=O) groups is 1. The van der Waals surface area contributed by atoms with Gasteiger partial charge >= 0.3 is 5.97 Å². The van der Waals surface area contributed by atoms with Gasteiger partial charge in [-0.05, 0) is 35.5 Å². The van der Waals surface area contributed by atoms with Crippen LogP contribution in [0.15, 0.2) is 47.0 Å². The van der Waals surface area contributed by atoms with Crippen LogP contribution in [0.3, 0.4) is 0 Å². The van der Waals surface area contributed by atoms with E-state index in [2.05, 4.69) is 30.3 Å². The van der Waals surface area contributed by atoms with Crippen molar-refractivity contribution < 1.29 is 18.8 Å². The predicted octanol–water partition coefficient (Wildman–Crippen LogP) is 2.89. The minimum atomic E-state index is -0.468. The Morgan fingerprint density at radius 3 is 2.67 bits per heavy atom. The lowest BCUT2D eigenvalue weighted by Crippen LogP contribution is -2.14. The molecule has 0 bridgehead atoms. The molecule has 2 aromatic heterocycles. The first kappa shape index (κ1) is 19.5. The van der Waals surface area contributed by atoms with E-state index in [-0.39, 0.29) is 6.54 Å². The highest BCUT2D eigenvalue weighted by molar-refractivity contribution is 6.32. The summed E-state index contributed by atoms with van der Waals surface area (Å²) in [6.07, 6.45) is 0. The van der Waals surface area contributed by atoms with E-state index in [0.717, 1.165) is 4.80 Å². The fraction of sp³-hybridized carbons (Fsp3) is 0.158. The van der Waals surface area contributed by atoms with Crippen molar-refractivity contribution in [2.75, 3.05) is 14.2 Å². The Bertz CT molecular complexity index is 1210. The van der Waals surface area contributed by atoms with Gasteiger partial charge in [-0.2, -0.15) is 9.78 Å². The van der Waals surface area contributed by atoms with Crippen LogP contribution in [-0.4, -0.2) is 50.5 Å². The number of halogens is 1. The Balaban J connectivity index is 1.59. The number of hydrogen-bond acceptors (Lipinski definition) is 9. The highest BCUT2D eigenvalue weighted by Crippen LogP contribution is 2.30. The largest absolute Gasteiger partial charge is 0.495 e. The molecule has 0 aliphatic carbocycles. The molecule has 0 radical (unpaired) electrons. The van der Waals surface area contributed by atoms with Gasteiger partial charge in [-0.15, -0.1) is 10.2 Å². The van der Waals surface area contributed by atoms with E-state index in [0.29, 0.717) is 45.0 Å². The SMILES string of the molecule is COC(=O)Cn1nnc(-c2cccc(-c3nc(-c4ccc(OC)c(Cl)c4)no3)c2)n1. The van der Waals surface area contributed by atoms with E-state index in [9.17, 15) is 4.79 Å². The molecule has 152 valence electrons.